The van der Waals surface area contributed by atoms with Gasteiger partial charge in [0.1, 0.15) is 0 Å². The van der Waals surface area contributed by atoms with Crippen molar-refractivity contribution in [3.8, 4) is 11.1 Å². The van der Waals surface area contributed by atoms with Gasteiger partial charge in [0.2, 0.25) is 0 Å². The van der Waals surface area contributed by atoms with Crippen LogP contribution in [-0.4, -0.2) is 28.3 Å². The van der Waals surface area contributed by atoms with E-state index in [9.17, 15) is 15.0 Å². The first kappa shape index (κ1) is 19.8. The summed E-state index contributed by atoms with van der Waals surface area (Å²) in [6.07, 6.45) is -0.360. The summed E-state index contributed by atoms with van der Waals surface area (Å²) in [4.78, 5) is 18.0. The Morgan fingerprint density at radius 2 is 1.82 bits per heavy atom. The number of aromatic nitrogens is 1. The summed E-state index contributed by atoms with van der Waals surface area (Å²) in [6.45, 7) is 6.13. The Hall–Kier alpha value is -2.92. The van der Waals surface area contributed by atoms with E-state index in [2.05, 4.69) is 13.8 Å². The van der Waals surface area contributed by atoms with E-state index < -0.39 is 6.09 Å². The molecule has 0 fully saturated rings. The third kappa shape index (κ3) is 3.85. The highest BCUT2D eigenvalue weighted by Gasteiger charge is 2.23. The van der Waals surface area contributed by atoms with Gasteiger partial charge in [0, 0.05) is 18.0 Å². The van der Waals surface area contributed by atoms with E-state index in [0.29, 0.717) is 18.0 Å². The van der Waals surface area contributed by atoms with Crippen molar-refractivity contribution in [3.63, 3.8) is 0 Å². The molecule has 5 nitrogen and oxygen atoms in total. The molecule has 0 bridgehead atoms. The highest BCUT2D eigenvalue weighted by Crippen LogP contribution is 2.40. The summed E-state index contributed by atoms with van der Waals surface area (Å²) in [5.41, 5.74) is 5.83. The van der Waals surface area contributed by atoms with Crippen LogP contribution in [-0.2, 0) is 13.0 Å². The Kier molecular flexibility index (Phi) is 5.66. The van der Waals surface area contributed by atoms with Crippen LogP contribution in [0.25, 0.3) is 22.0 Å². The molecule has 0 atom stereocenters. The Morgan fingerprint density at radius 1 is 1.14 bits per heavy atom. The summed E-state index contributed by atoms with van der Waals surface area (Å²) < 4.78 is 0. The van der Waals surface area contributed by atoms with Crippen molar-refractivity contribution >= 4 is 22.7 Å². The van der Waals surface area contributed by atoms with Crippen molar-refractivity contribution in [2.45, 2.75) is 33.8 Å². The van der Waals surface area contributed by atoms with E-state index in [1.54, 1.807) is 7.05 Å². The number of pyridine rings is 1. The van der Waals surface area contributed by atoms with Gasteiger partial charge in [-0.1, -0.05) is 49.7 Å². The van der Waals surface area contributed by atoms with Gasteiger partial charge in [-0.3, -0.25) is 9.88 Å². The van der Waals surface area contributed by atoms with Crippen LogP contribution in [0.5, 0.6) is 0 Å². The molecule has 0 saturated heterocycles. The van der Waals surface area contributed by atoms with Gasteiger partial charge in [-0.15, -0.1) is 0 Å². The molecule has 0 aliphatic carbocycles. The van der Waals surface area contributed by atoms with E-state index in [1.165, 1.54) is 4.90 Å². The van der Waals surface area contributed by atoms with Crippen molar-refractivity contribution in [1.82, 2.24) is 4.98 Å². The number of aryl methyl sites for hydroxylation is 1. The number of aliphatic hydroxyl groups excluding tert-OH is 1. The van der Waals surface area contributed by atoms with Gasteiger partial charge in [0.25, 0.3) is 0 Å². The van der Waals surface area contributed by atoms with Gasteiger partial charge in [-0.2, -0.15) is 0 Å². The van der Waals surface area contributed by atoms with Crippen LogP contribution in [0.4, 0.5) is 10.5 Å². The molecule has 1 heterocycles. The van der Waals surface area contributed by atoms with Crippen LogP contribution in [0.1, 0.15) is 30.7 Å². The molecule has 0 aliphatic rings. The molecule has 5 heteroatoms. The number of anilines is 1. The fraction of sp³-hybridized carbons (Fsp3) is 0.304. The van der Waals surface area contributed by atoms with Crippen molar-refractivity contribution in [2.75, 3.05) is 11.9 Å². The van der Waals surface area contributed by atoms with E-state index in [-0.39, 0.29) is 6.61 Å². The number of aliphatic hydroxyl groups is 1. The molecular weight excluding hydrogens is 352 g/mol. The number of carboxylic acid groups (broad SMARTS) is 1. The second-order valence-electron chi connectivity index (χ2n) is 7.60. The molecular formula is C23H26N2O3. The molecule has 3 aromatic rings. The van der Waals surface area contributed by atoms with E-state index in [0.717, 1.165) is 38.9 Å². The molecule has 0 spiro atoms. The highest BCUT2D eigenvalue weighted by molar-refractivity contribution is 6.05. The fourth-order valence-corrected chi connectivity index (χ4v) is 3.45. The molecule has 28 heavy (non-hydrogen) atoms. The van der Waals surface area contributed by atoms with Crippen molar-refractivity contribution in [2.24, 2.45) is 5.92 Å². The zero-order chi connectivity index (χ0) is 20.4. The molecule has 0 radical (unpaired) electrons. The second-order valence-corrected chi connectivity index (χ2v) is 7.60. The van der Waals surface area contributed by atoms with Crippen molar-refractivity contribution < 1.29 is 15.0 Å². The molecule has 0 saturated carbocycles. The summed E-state index contributed by atoms with van der Waals surface area (Å²) in [6, 6.07) is 13.7. The molecule has 0 unspecified atom stereocenters. The van der Waals surface area contributed by atoms with E-state index in [4.69, 9.17) is 4.98 Å². The first-order valence-electron chi connectivity index (χ1n) is 9.42. The van der Waals surface area contributed by atoms with Crippen LogP contribution < -0.4 is 4.90 Å². The number of rotatable bonds is 5. The summed E-state index contributed by atoms with van der Waals surface area (Å²) in [5, 5.41) is 20.2. The largest absolute Gasteiger partial charge is 0.465 e. The average Bonchev–Trinajstić information content (AvgIpc) is 2.66. The number of fused-ring (bicyclic) bond motifs is 1. The number of hydrogen-bond acceptors (Lipinski definition) is 3. The first-order chi connectivity index (χ1) is 13.3. The van der Waals surface area contributed by atoms with E-state index in [1.807, 2.05) is 49.4 Å². The summed E-state index contributed by atoms with van der Waals surface area (Å²) in [5.74, 6) is 0.327. The maximum atomic E-state index is 11.9. The zero-order valence-electron chi connectivity index (χ0n) is 16.7. The Labute approximate surface area is 165 Å². The molecule has 1 aromatic heterocycles. The number of amides is 1. The van der Waals surface area contributed by atoms with Crippen LogP contribution in [0.3, 0.4) is 0 Å². The normalized spacial score (nSPS) is 11.2. The Bertz CT molecular complexity index is 1010. The quantitative estimate of drug-likeness (QED) is 0.654. The van der Waals surface area contributed by atoms with E-state index >= 15 is 0 Å². The minimum absolute atomic E-state index is 0.0822. The third-order valence-electron chi connectivity index (χ3n) is 4.84. The first-order valence-corrected chi connectivity index (χ1v) is 9.42. The molecule has 0 aliphatic heterocycles. The lowest BCUT2D eigenvalue weighted by atomic mass is 9.93. The monoisotopic (exact) mass is 378 g/mol. The lowest BCUT2D eigenvalue weighted by Gasteiger charge is -2.24. The molecule has 2 aromatic carbocycles. The van der Waals surface area contributed by atoms with Gasteiger partial charge >= 0.3 is 6.09 Å². The number of hydrogen-bond donors (Lipinski definition) is 2. The highest BCUT2D eigenvalue weighted by atomic mass is 16.4. The van der Waals surface area contributed by atoms with Gasteiger partial charge in [0.05, 0.1) is 23.5 Å². The second kappa shape index (κ2) is 7.98. The molecule has 1 amide bonds. The van der Waals surface area contributed by atoms with Crippen LogP contribution in [0.2, 0.25) is 0 Å². The molecule has 2 N–H and O–H groups in total. The average molecular weight is 378 g/mol. The van der Waals surface area contributed by atoms with Crippen LogP contribution in [0, 0.1) is 12.8 Å². The van der Waals surface area contributed by atoms with Gasteiger partial charge in [-0.25, -0.2) is 4.79 Å². The maximum absolute atomic E-state index is 11.9. The van der Waals surface area contributed by atoms with Gasteiger partial charge in [-0.05, 0) is 42.5 Å². The van der Waals surface area contributed by atoms with Gasteiger partial charge in [0.15, 0.2) is 0 Å². The Morgan fingerprint density at radius 3 is 2.39 bits per heavy atom. The number of carbonyl (C=O) groups is 1. The summed E-state index contributed by atoms with van der Waals surface area (Å²) >= 11 is 0. The third-order valence-corrected chi connectivity index (χ3v) is 4.84. The number of nitrogens with zero attached hydrogens (tertiary/aromatic N) is 2. The number of benzene rings is 2. The van der Waals surface area contributed by atoms with Crippen LogP contribution in [0.15, 0.2) is 42.5 Å². The predicted molar refractivity (Wildman–Crippen MR) is 113 cm³/mol. The smallest absolute Gasteiger partial charge is 0.411 e. The molecule has 3 rings (SSSR count). The van der Waals surface area contributed by atoms with Crippen molar-refractivity contribution in [3.05, 3.63) is 59.3 Å². The fourth-order valence-electron chi connectivity index (χ4n) is 3.45. The topological polar surface area (TPSA) is 73.7 Å². The van der Waals surface area contributed by atoms with Crippen LogP contribution >= 0.6 is 0 Å². The molecule has 146 valence electrons. The van der Waals surface area contributed by atoms with Crippen molar-refractivity contribution in [1.29, 1.82) is 0 Å². The minimum atomic E-state index is -1.03. The Balaban J connectivity index is 2.45. The lowest BCUT2D eigenvalue weighted by molar-refractivity contribution is 0.203. The standard InChI is InChI=1S/C23H26N2O3/c1-14(2)11-20-22(25(4)23(27)28)21(17-8-5-15(3)6-9-17)18-12-16(13-26)7-10-19(18)24-20/h5-10,12,14,26H,11,13H2,1-4H3,(H,27,28). The SMILES string of the molecule is Cc1ccc(-c2c(N(C)C(=O)O)c(CC(C)C)nc3ccc(CO)cc23)cc1. The van der Waals surface area contributed by atoms with Gasteiger partial charge < -0.3 is 10.2 Å². The maximum Gasteiger partial charge on any atom is 0.411 e. The summed E-state index contributed by atoms with van der Waals surface area (Å²) in [7, 11) is 1.56. The predicted octanol–water partition coefficient (Wildman–Crippen LogP) is 5.02. The lowest BCUT2D eigenvalue weighted by Crippen LogP contribution is -2.26. The minimum Gasteiger partial charge on any atom is -0.465 e. The zero-order valence-corrected chi connectivity index (χ0v) is 16.7.